The largest absolute Gasteiger partial charge is 0.472 e. The molecule has 1 aromatic heterocycles. The molecule has 2 N–H and O–H groups in total. The zero-order valence-corrected chi connectivity index (χ0v) is 7.62. The van der Waals surface area contributed by atoms with Crippen molar-refractivity contribution in [3.63, 3.8) is 0 Å². The average Bonchev–Trinajstić information content (AvgIpc) is 2.57. The fourth-order valence-corrected chi connectivity index (χ4v) is 1.88. The van der Waals surface area contributed by atoms with Gasteiger partial charge in [0.1, 0.15) is 0 Å². The third-order valence-electron chi connectivity index (χ3n) is 2.56. The summed E-state index contributed by atoms with van der Waals surface area (Å²) in [4.78, 5) is 0. The highest BCUT2D eigenvalue weighted by Gasteiger charge is 2.29. The van der Waals surface area contributed by atoms with Gasteiger partial charge in [-0.3, -0.25) is 0 Å². The van der Waals surface area contributed by atoms with Crippen LogP contribution >= 0.6 is 0 Å². The molecule has 1 aliphatic rings. The van der Waals surface area contributed by atoms with Gasteiger partial charge in [-0.25, -0.2) is 0 Å². The molecule has 3 heteroatoms. The van der Waals surface area contributed by atoms with E-state index in [4.69, 9.17) is 4.42 Å². The molecule has 72 valence electrons. The maximum Gasteiger partial charge on any atom is 0.0935 e. The first-order valence-corrected chi connectivity index (χ1v) is 4.73. The van der Waals surface area contributed by atoms with Gasteiger partial charge in [0.05, 0.1) is 18.1 Å². The Balaban J connectivity index is 1.99. The average molecular weight is 181 g/mol. The molecule has 0 bridgehead atoms. The summed E-state index contributed by atoms with van der Waals surface area (Å²) in [5.41, 5.74) is 0.508. The van der Waals surface area contributed by atoms with E-state index < -0.39 is 5.60 Å². The van der Waals surface area contributed by atoms with E-state index in [0.29, 0.717) is 13.0 Å². The molecule has 1 fully saturated rings. The fourth-order valence-electron chi connectivity index (χ4n) is 1.88. The normalized spacial score (nSPS) is 29.0. The molecule has 2 heterocycles. The molecule has 0 aromatic carbocycles. The van der Waals surface area contributed by atoms with Gasteiger partial charge in [-0.2, -0.15) is 0 Å². The van der Waals surface area contributed by atoms with Crippen LogP contribution in [-0.4, -0.2) is 23.8 Å². The highest BCUT2D eigenvalue weighted by molar-refractivity contribution is 5.10. The van der Waals surface area contributed by atoms with Crippen molar-refractivity contribution >= 4 is 0 Å². The highest BCUT2D eigenvalue weighted by Crippen LogP contribution is 2.21. The Bertz CT molecular complexity index is 250. The SMILES string of the molecule is OC1(Cc2ccoc2)CCCNC1. The second-order valence-electron chi connectivity index (χ2n) is 3.81. The van der Waals surface area contributed by atoms with Crippen molar-refractivity contribution in [1.29, 1.82) is 0 Å². The molecule has 0 aliphatic carbocycles. The topological polar surface area (TPSA) is 45.4 Å². The standard InChI is InChI=1S/C10H15NO2/c12-10(3-1-4-11-8-10)6-9-2-5-13-7-9/h2,5,7,11-12H,1,3-4,6,8H2. The third-order valence-corrected chi connectivity index (χ3v) is 2.56. The van der Waals surface area contributed by atoms with Crippen LogP contribution < -0.4 is 5.32 Å². The second kappa shape index (κ2) is 3.52. The van der Waals surface area contributed by atoms with E-state index in [9.17, 15) is 5.11 Å². The third kappa shape index (κ3) is 2.11. The van der Waals surface area contributed by atoms with Crippen molar-refractivity contribution in [2.24, 2.45) is 0 Å². The summed E-state index contributed by atoms with van der Waals surface area (Å²) in [5, 5.41) is 13.3. The quantitative estimate of drug-likeness (QED) is 0.713. The molecule has 1 aromatic rings. The first-order valence-electron chi connectivity index (χ1n) is 4.73. The zero-order valence-electron chi connectivity index (χ0n) is 7.62. The summed E-state index contributed by atoms with van der Waals surface area (Å²) in [6.45, 7) is 1.71. The Kier molecular flexibility index (Phi) is 2.38. The smallest absolute Gasteiger partial charge is 0.0935 e. The number of piperidine rings is 1. The highest BCUT2D eigenvalue weighted by atomic mass is 16.3. The van der Waals surface area contributed by atoms with Crippen LogP contribution in [0.4, 0.5) is 0 Å². The Hall–Kier alpha value is -0.800. The van der Waals surface area contributed by atoms with Gasteiger partial charge >= 0.3 is 0 Å². The maximum absolute atomic E-state index is 10.1. The predicted octanol–water partition coefficient (Wildman–Crippen LogP) is 0.937. The Morgan fingerprint density at radius 1 is 1.62 bits per heavy atom. The van der Waals surface area contributed by atoms with Gasteiger partial charge in [-0.05, 0) is 31.0 Å². The molecule has 0 saturated carbocycles. The number of hydrogen-bond donors (Lipinski definition) is 2. The first-order chi connectivity index (χ1) is 6.29. The van der Waals surface area contributed by atoms with Gasteiger partial charge in [0, 0.05) is 13.0 Å². The van der Waals surface area contributed by atoms with Gasteiger partial charge in [0.15, 0.2) is 0 Å². The van der Waals surface area contributed by atoms with Gasteiger partial charge in [-0.15, -0.1) is 0 Å². The van der Waals surface area contributed by atoms with E-state index >= 15 is 0 Å². The lowest BCUT2D eigenvalue weighted by atomic mass is 9.88. The molecular formula is C10H15NO2. The van der Waals surface area contributed by atoms with Gasteiger partial charge in [0.25, 0.3) is 0 Å². The lowest BCUT2D eigenvalue weighted by Crippen LogP contribution is -2.47. The molecule has 1 saturated heterocycles. The first kappa shape index (κ1) is 8.78. The maximum atomic E-state index is 10.1. The number of β-amino-alcohol motifs (C(OH)–C–C–N with tert-alkyl or cyclic N) is 1. The number of nitrogens with one attached hydrogen (secondary N) is 1. The molecule has 2 rings (SSSR count). The van der Waals surface area contributed by atoms with E-state index in [1.807, 2.05) is 6.07 Å². The lowest BCUT2D eigenvalue weighted by Gasteiger charge is -2.32. The zero-order chi connectivity index (χ0) is 9.15. The molecule has 0 spiro atoms. The van der Waals surface area contributed by atoms with Crippen LogP contribution in [0.2, 0.25) is 0 Å². The van der Waals surface area contributed by atoms with Crippen LogP contribution in [-0.2, 0) is 6.42 Å². The van der Waals surface area contributed by atoms with Crippen LogP contribution in [0.25, 0.3) is 0 Å². The van der Waals surface area contributed by atoms with Crippen molar-refractivity contribution in [2.45, 2.75) is 24.9 Å². The molecule has 0 radical (unpaired) electrons. The van der Waals surface area contributed by atoms with Crippen LogP contribution in [0, 0.1) is 0 Å². The van der Waals surface area contributed by atoms with Crippen molar-refractivity contribution in [3.8, 4) is 0 Å². The van der Waals surface area contributed by atoms with Crippen molar-refractivity contribution < 1.29 is 9.52 Å². The molecule has 3 nitrogen and oxygen atoms in total. The number of rotatable bonds is 2. The number of furan rings is 1. The van der Waals surface area contributed by atoms with Crippen molar-refractivity contribution in [2.75, 3.05) is 13.1 Å². The number of hydrogen-bond acceptors (Lipinski definition) is 3. The van der Waals surface area contributed by atoms with Crippen molar-refractivity contribution in [1.82, 2.24) is 5.32 Å². The molecule has 1 atom stereocenters. The summed E-state index contributed by atoms with van der Waals surface area (Å²) in [7, 11) is 0. The molecule has 1 aliphatic heterocycles. The van der Waals surface area contributed by atoms with Gasteiger partial charge < -0.3 is 14.8 Å². The minimum absolute atomic E-state index is 0.567. The van der Waals surface area contributed by atoms with Gasteiger partial charge in [-0.1, -0.05) is 0 Å². The molecule has 13 heavy (non-hydrogen) atoms. The molecule has 0 amide bonds. The summed E-state index contributed by atoms with van der Waals surface area (Å²) in [6.07, 6.45) is 5.97. The van der Waals surface area contributed by atoms with Gasteiger partial charge in [0.2, 0.25) is 0 Å². The van der Waals surface area contributed by atoms with E-state index in [1.165, 1.54) is 0 Å². The van der Waals surface area contributed by atoms with Crippen LogP contribution in [0.5, 0.6) is 0 Å². The Morgan fingerprint density at radius 3 is 3.15 bits per heavy atom. The van der Waals surface area contributed by atoms with Crippen molar-refractivity contribution in [3.05, 3.63) is 24.2 Å². The van der Waals surface area contributed by atoms with Crippen LogP contribution in [0.3, 0.4) is 0 Å². The van der Waals surface area contributed by atoms with E-state index in [1.54, 1.807) is 12.5 Å². The monoisotopic (exact) mass is 181 g/mol. The summed E-state index contributed by atoms with van der Waals surface area (Å²) in [5.74, 6) is 0. The van der Waals surface area contributed by atoms with E-state index in [2.05, 4.69) is 5.32 Å². The minimum Gasteiger partial charge on any atom is -0.472 e. The fraction of sp³-hybridized carbons (Fsp3) is 0.600. The summed E-state index contributed by atoms with van der Waals surface area (Å²) < 4.78 is 4.97. The summed E-state index contributed by atoms with van der Waals surface area (Å²) >= 11 is 0. The van der Waals surface area contributed by atoms with E-state index in [0.717, 1.165) is 24.9 Å². The lowest BCUT2D eigenvalue weighted by molar-refractivity contribution is 0.0168. The van der Waals surface area contributed by atoms with Crippen LogP contribution in [0.1, 0.15) is 18.4 Å². The Morgan fingerprint density at radius 2 is 2.54 bits per heavy atom. The summed E-state index contributed by atoms with van der Waals surface area (Å²) in [6, 6.07) is 1.91. The molecule has 1 unspecified atom stereocenters. The van der Waals surface area contributed by atoms with E-state index in [-0.39, 0.29) is 0 Å². The number of aliphatic hydroxyl groups is 1. The molecular weight excluding hydrogens is 166 g/mol. The second-order valence-corrected chi connectivity index (χ2v) is 3.81. The predicted molar refractivity (Wildman–Crippen MR) is 49.5 cm³/mol. The minimum atomic E-state index is -0.567. The van der Waals surface area contributed by atoms with Crippen LogP contribution in [0.15, 0.2) is 23.0 Å². The Labute approximate surface area is 77.8 Å².